The fourth-order valence-electron chi connectivity index (χ4n) is 13.1. The zero-order valence-electron chi connectivity index (χ0n) is 64.9. The van der Waals surface area contributed by atoms with Gasteiger partial charge >= 0.3 is 17.9 Å². The van der Waals surface area contributed by atoms with Crippen molar-refractivity contribution in [1.29, 1.82) is 0 Å². The number of methoxy groups -OCH3 is 2. The minimum absolute atomic E-state index is 0.0165. The van der Waals surface area contributed by atoms with Crippen LogP contribution in [0.3, 0.4) is 0 Å². The van der Waals surface area contributed by atoms with Crippen molar-refractivity contribution in [1.82, 2.24) is 41.2 Å². The average molecular weight is 1760 g/mol. The van der Waals surface area contributed by atoms with Crippen molar-refractivity contribution in [2.24, 2.45) is 0 Å². The van der Waals surface area contributed by atoms with E-state index in [1.165, 1.54) is 169 Å². The number of nitrogens with zero attached hydrogens (tertiary/aromatic N) is 4. The van der Waals surface area contributed by atoms with Crippen molar-refractivity contribution in [3.05, 3.63) is 282 Å². The molecule has 121 heavy (non-hydrogen) atoms. The van der Waals surface area contributed by atoms with Crippen LogP contribution in [0.4, 0.5) is 30.7 Å². The number of aromatic carboxylic acids is 1. The summed E-state index contributed by atoms with van der Waals surface area (Å²) in [5, 5.41) is 21.6. The zero-order valence-corrected chi connectivity index (χ0v) is 68.0. The number of nitrogens with one attached hydrogen (secondary N) is 4. The van der Waals surface area contributed by atoms with Gasteiger partial charge in [0.05, 0.1) is 90.6 Å². The molecule has 616 valence electrons. The number of carbonyl (C=O) groups is 7. The highest BCUT2D eigenvalue weighted by molar-refractivity contribution is 9.10. The number of pyridine rings is 4. The number of aromatic nitrogens is 4. The molecule has 0 saturated heterocycles. The lowest BCUT2D eigenvalue weighted by Crippen LogP contribution is -2.18. The van der Waals surface area contributed by atoms with Crippen LogP contribution in [0.5, 0.6) is 0 Å². The number of rotatable bonds is 18. The lowest BCUT2D eigenvalue weighted by atomic mass is 9.97. The van der Waals surface area contributed by atoms with Crippen molar-refractivity contribution >= 4 is 125 Å². The van der Waals surface area contributed by atoms with Gasteiger partial charge in [-0.1, -0.05) is 68.1 Å². The molecule has 0 atom stereocenters. The van der Waals surface area contributed by atoms with Gasteiger partial charge in [0.15, 0.2) is 0 Å². The van der Waals surface area contributed by atoms with Crippen LogP contribution >= 0.6 is 39.1 Å². The number of carboxylic acid groups (broad SMARTS) is 1. The van der Waals surface area contributed by atoms with E-state index in [0.29, 0.717) is 117 Å². The molecule has 22 nitrogen and oxygen atoms in total. The van der Waals surface area contributed by atoms with Gasteiger partial charge in [0.25, 0.3) is 23.6 Å². The predicted molar refractivity (Wildman–Crippen MR) is 443 cm³/mol. The number of carboxylic acids is 1. The Morgan fingerprint density at radius 1 is 0.372 bits per heavy atom. The number of hydrogen-bond acceptors (Lipinski definition) is 17. The quantitative estimate of drug-likeness (QED) is 0.0303. The molecule has 0 saturated carbocycles. The summed E-state index contributed by atoms with van der Waals surface area (Å²) in [5.41, 5.74) is 7.14. The Balaban J connectivity index is 0.000000149. The second kappa shape index (κ2) is 37.4. The van der Waals surface area contributed by atoms with Crippen LogP contribution in [0.25, 0.3) is 123 Å². The smallest absolute Gasteiger partial charge is 0.340 e. The number of halogens is 10. The fourth-order valence-corrected chi connectivity index (χ4v) is 13.7. The molecule has 8 aromatic heterocycles. The van der Waals surface area contributed by atoms with E-state index in [-0.39, 0.29) is 90.0 Å². The van der Waals surface area contributed by atoms with Crippen LogP contribution in [0.15, 0.2) is 198 Å². The zero-order chi connectivity index (χ0) is 86.9. The number of hydrogen-bond donors (Lipinski definition) is 5. The van der Waals surface area contributed by atoms with Gasteiger partial charge in [0.2, 0.25) is 22.9 Å². The molecule has 0 fully saturated rings. The fraction of sp³-hybridized carbons (Fsp3) is 0.135. The molecule has 0 aliphatic heterocycles. The number of carbonyl (C=O) groups excluding carboxylic acids is 6. The van der Waals surface area contributed by atoms with Gasteiger partial charge in [-0.25, -0.2) is 60.1 Å². The first-order chi connectivity index (χ1) is 58.0. The minimum atomic E-state index is -1.38. The first-order valence-electron chi connectivity index (χ1n) is 36.6. The van der Waals surface area contributed by atoms with E-state index in [1.54, 1.807) is 30.3 Å². The molecule has 0 aliphatic rings. The summed E-state index contributed by atoms with van der Waals surface area (Å²) in [4.78, 5) is 104. The SMILES string of the molecule is CCCc1nc2oc(-c3ccc(F)cc3)c(C(=O)NC)c2cc1-c1ccc(F)c(C(=O)O)c1.CCCc1nc2oc(-c3ccc(F)cc3)c(C(=O)NC)c2cc1-c1ccc(F)c(C(=O)OC)c1.CNC(=O)c1c(-c2ccc(F)cc2)oc2nc(Cl)c(-c3ccc(F)c(C(=O)OC)c3)cc12.CNC(=O)c1c(-c2ccc(F)cc2)oc2nc(Cl)c(Br)cc12. The average Bonchev–Trinajstić information content (AvgIpc) is 1.56. The second-order valence-corrected chi connectivity index (χ2v) is 28.0. The van der Waals surface area contributed by atoms with Gasteiger partial charge in [-0.15, -0.1) is 0 Å². The largest absolute Gasteiger partial charge is 0.478 e. The van der Waals surface area contributed by atoms with E-state index >= 15 is 0 Å². The number of aryl methyl sites for hydroxylation is 2. The standard InChI is InChI=1S/C26H22F2N2O4.C25H20F2N2O4.C23H15ClF2N2O4.C15H9BrClFN2O2/c1-4-5-21-17(15-8-11-20(28)18(12-15)26(32)33-3)13-19-22(24(31)29-2)23(34-25(19)30-21)14-6-9-16(27)10-7-14;1-3-4-20-16(14-7-10-19(27)17(11-14)25(31)32)12-18-21(23(30)28-2)22(33-24(18)29-20)13-5-8-15(26)9-6-13;1-27-21(29)18-16-10-14(12-5-8-17(26)15(9-12)23(30)31-2)20(24)28-22(16)32-19(18)11-3-6-13(25)7-4-11;1-19-14(21)11-9-6-10(16)13(17)20-15(9)22-12(11)7-2-4-8(18)5-3-7/h6-13H,4-5H2,1-3H3,(H,29,31);5-12H,3-4H2,1-2H3,(H,28,30)(H,31,32);3-10H,1-2H3,(H,27,29);2-6H,1H3,(H,19,21). The van der Waals surface area contributed by atoms with Crippen LogP contribution in [0, 0.1) is 40.7 Å². The number of furan rings is 4. The number of ether oxygens (including phenoxy) is 2. The number of esters is 2. The Kier molecular flexibility index (Phi) is 26.7. The van der Waals surface area contributed by atoms with Crippen molar-refractivity contribution in [2.75, 3.05) is 42.4 Å². The van der Waals surface area contributed by atoms with Crippen molar-refractivity contribution in [2.45, 2.75) is 39.5 Å². The molecule has 15 rings (SSSR count). The van der Waals surface area contributed by atoms with Gasteiger partial charge in [-0.3, -0.25) is 19.2 Å². The van der Waals surface area contributed by atoms with E-state index in [0.717, 1.165) is 32.1 Å². The summed E-state index contributed by atoms with van der Waals surface area (Å²) in [7, 11) is 8.29. The molecular weight excluding hydrogens is 1690 g/mol. The lowest BCUT2D eigenvalue weighted by Gasteiger charge is -2.11. The third-order valence-electron chi connectivity index (χ3n) is 18.8. The highest BCUT2D eigenvalue weighted by atomic mass is 79.9. The van der Waals surface area contributed by atoms with Crippen LogP contribution in [-0.4, -0.2) is 109 Å². The van der Waals surface area contributed by atoms with Crippen LogP contribution < -0.4 is 21.3 Å². The highest BCUT2D eigenvalue weighted by Crippen LogP contribution is 2.43. The molecule has 0 aliphatic carbocycles. The Labute approximate surface area is 701 Å². The Bertz CT molecular complexity index is 6580. The summed E-state index contributed by atoms with van der Waals surface area (Å²) in [6, 6.07) is 40.8. The minimum Gasteiger partial charge on any atom is -0.478 e. The van der Waals surface area contributed by atoms with Gasteiger partial charge in [0, 0.05) is 67.1 Å². The summed E-state index contributed by atoms with van der Waals surface area (Å²) < 4.78 is 129. The van der Waals surface area contributed by atoms with Gasteiger partial charge in [-0.05, 0) is 203 Å². The summed E-state index contributed by atoms with van der Waals surface area (Å²) in [6.45, 7) is 3.95. The molecule has 5 N–H and O–H groups in total. The van der Waals surface area contributed by atoms with Crippen LogP contribution in [-0.2, 0) is 22.3 Å². The molecule has 0 bridgehead atoms. The molecule has 7 aromatic carbocycles. The van der Waals surface area contributed by atoms with Crippen molar-refractivity contribution in [3.8, 4) is 78.7 Å². The van der Waals surface area contributed by atoms with Gasteiger partial charge in [0.1, 0.15) is 74.1 Å². The van der Waals surface area contributed by atoms with Gasteiger partial charge in [-0.2, -0.15) is 4.98 Å². The highest BCUT2D eigenvalue weighted by Gasteiger charge is 2.31. The second-order valence-electron chi connectivity index (χ2n) is 26.4. The lowest BCUT2D eigenvalue weighted by molar-refractivity contribution is 0.0586. The van der Waals surface area contributed by atoms with E-state index in [9.17, 15) is 69.4 Å². The number of amides is 4. The third kappa shape index (κ3) is 18.3. The van der Waals surface area contributed by atoms with Gasteiger partial charge < -0.3 is 53.5 Å². The molecule has 0 spiro atoms. The Morgan fingerprint density at radius 3 is 0.934 bits per heavy atom. The maximum absolute atomic E-state index is 14.2. The van der Waals surface area contributed by atoms with E-state index in [2.05, 4.69) is 61.9 Å². The van der Waals surface area contributed by atoms with E-state index < -0.39 is 76.1 Å². The molecule has 4 amide bonds. The molecule has 0 unspecified atom stereocenters. The monoisotopic (exact) mass is 1750 g/mol. The number of benzene rings is 7. The topological polar surface area (TPSA) is 310 Å². The molecule has 15 aromatic rings. The first kappa shape index (κ1) is 86.5. The normalized spacial score (nSPS) is 11.0. The maximum atomic E-state index is 14.2. The third-order valence-corrected chi connectivity index (χ3v) is 20.3. The van der Waals surface area contributed by atoms with Crippen LogP contribution in [0.2, 0.25) is 10.3 Å². The molecule has 8 heterocycles. The molecule has 32 heteroatoms. The van der Waals surface area contributed by atoms with Crippen molar-refractivity contribution in [3.63, 3.8) is 0 Å². The van der Waals surface area contributed by atoms with E-state index in [4.69, 9.17) is 45.6 Å². The number of fused-ring (bicyclic) bond motifs is 4. The summed E-state index contributed by atoms with van der Waals surface area (Å²) in [6.07, 6.45) is 2.64. The predicted octanol–water partition coefficient (Wildman–Crippen LogP) is 20.6. The van der Waals surface area contributed by atoms with E-state index in [1.807, 2.05) is 13.8 Å². The summed E-state index contributed by atoms with van der Waals surface area (Å²) in [5.74, 6) is -7.55. The summed E-state index contributed by atoms with van der Waals surface area (Å²) >= 11 is 15.6. The van der Waals surface area contributed by atoms with Crippen molar-refractivity contribution < 1.29 is 96.5 Å². The van der Waals surface area contributed by atoms with Crippen LogP contribution in [0.1, 0.15) is 111 Å². The first-order valence-corrected chi connectivity index (χ1v) is 38.2. The molecular formula is C89H66BrCl2F7N8O14. The molecule has 0 radical (unpaired) electrons. The Morgan fingerprint density at radius 2 is 0.636 bits per heavy atom. The Hall–Kier alpha value is -13.8. The maximum Gasteiger partial charge on any atom is 0.340 e.